The highest BCUT2D eigenvalue weighted by atomic mass is 15.3. The van der Waals surface area contributed by atoms with Crippen LogP contribution in [0.25, 0.3) is 0 Å². The molecule has 2 heterocycles. The Morgan fingerprint density at radius 1 is 1.14 bits per heavy atom. The van der Waals surface area contributed by atoms with Crippen LogP contribution in [0, 0.1) is 6.92 Å². The third kappa shape index (κ3) is 3.15. The van der Waals surface area contributed by atoms with Crippen LogP contribution in [0.15, 0.2) is 24.3 Å². The highest BCUT2D eigenvalue weighted by Crippen LogP contribution is 2.30. The van der Waals surface area contributed by atoms with Gasteiger partial charge in [0, 0.05) is 31.2 Å². The summed E-state index contributed by atoms with van der Waals surface area (Å²) in [5, 5.41) is 0. The zero-order chi connectivity index (χ0) is 14.8. The van der Waals surface area contributed by atoms with Gasteiger partial charge in [-0.15, -0.1) is 0 Å². The number of hydrogen-bond acceptors (Lipinski definition) is 3. The van der Waals surface area contributed by atoms with Gasteiger partial charge in [0.05, 0.1) is 0 Å². The highest BCUT2D eigenvalue weighted by Gasteiger charge is 2.33. The van der Waals surface area contributed by atoms with E-state index >= 15 is 0 Å². The maximum Gasteiger partial charge on any atom is 0.0499 e. The standard InChI is InChI=1S/C18H29N3/c1-14-7-3-4-9-17(14)18(15(2)19)21-12-6-11-20-10-5-8-16(20)13-21/h3-4,7,9,15-16,18H,5-6,8,10-13,19H2,1-2H3. The van der Waals surface area contributed by atoms with Crippen LogP contribution in [0.1, 0.15) is 43.4 Å². The Labute approximate surface area is 129 Å². The summed E-state index contributed by atoms with van der Waals surface area (Å²) in [5.74, 6) is 0. The molecule has 2 aliphatic rings. The van der Waals surface area contributed by atoms with Crippen molar-refractivity contribution in [2.75, 3.05) is 26.2 Å². The summed E-state index contributed by atoms with van der Waals surface area (Å²) in [6.45, 7) is 9.29. The molecule has 0 amide bonds. The molecule has 3 rings (SSSR count). The summed E-state index contributed by atoms with van der Waals surface area (Å²) in [5.41, 5.74) is 9.18. The smallest absolute Gasteiger partial charge is 0.0499 e. The van der Waals surface area contributed by atoms with Gasteiger partial charge in [-0.25, -0.2) is 0 Å². The summed E-state index contributed by atoms with van der Waals surface area (Å²) in [6.07, 6.45) is 3.99. The van der Waals surface area contributed by atoms with Gasteiger partial charge in [0.2, 0.25) is 0 Å². The summed E-state index contributed by atoms with van der Waals surface area (Å²) >= 11 is 0. The Morgan fingerprint density at radius 2 is 1.90 bits per heavy atom. The molecule has 0 aromatic heterocycles. The number of benzene rings is 1. The molecule has 2 N–H and O–H groups in total. The summed E-state index contributed by atoms with van der Waals surface area (Å²) in [6, 6.07) is 10.0. The van der Waals surface area contributed by atoms with Crippen LogP contribution in [0.2, 0.25) is 0 Å². The van der Waals surface area contributed by atoms with Crippen molar-refractivity contribution >= 4 is 0 Å². The second-order valence-corrected chi connectivity index (χ2v) is 6.84. The van der Waals surface area contributed by atoms with E-state index in [0.29, 0.717) is 6.04 Å². The molecule has 3 nitrogen and oxygen atoms in total. The molecule has 0 aliphatic carbocycles. The molecule has 0 radical (unpaired) electrons. The molecule has 1 aromatic rings. The molecular formula is C18H29N3. The first-order valence-electron chi connectivity index (χ1n) is 8.46. The number of rotatable bonds is 3. The lowest BCUT2D eigenvalue weighted by atomic mass is 9.94. The lowest BCUT2D eigenvalue weighted by Gasteiger charge is -2.36. The monoisotopic (exact) mass is 287 g/mol. The average molecular weight is 287 g/mol. The zero-order valence-electron chi connectivity index (χ0n) is 13.5. The minimum Gasteiger partial charge on any atom is -0.326 e. The number of nitrogens with two attached hydrogens (primary N) is 1. The van der Waals surface area contributed by atoms with Gasteiger partial charge in [0.25, 0.3) is 0 Å². The van der Waals surface area contributed by atoms with E-state index in [0.717, 1.165) is 6.04 Å². The summed E-state index contributed by atoms with van der Waals surface area (Å²) in [4.78, 5) is 5.35. The van der Waals surface area contributed by atoms with Crippen LogP contribution in [0.3, 0.4) is 0 Å². The van der Waals surface area contributed by atoms with E-state index in [1.807, 2.05) is 0 Å². The first-order chi connectivity index (χ1) is 10.2. The first-order valence-corrected chi connectivity index (χ1v) is 8.46. The fourth-order valence-corrected chi connectivity index (χ4v) is 4.22. The number of nitrogens with zero attached hydrogens (tertiary/aromatic N) is 2. The first kappa shape index (κ1) is 15.0. The molecule has 116 valence electrons. The fraction of sp³-hybridized carbons (Fsp3) is 0.667. The molecule has 2 fully saturated rings. The van der Waals surface area contributed by atoms with Crippen LogP contribution in [0.5, 0.6) is 0 Å². The van der Waals surface area contributed by atoms with E-state index in [4.69, 9.17) is 5.73 Å². The molecule has 0 spiro atoms. The van der Waals surface area contributed by atoms with Crippen LogP contribution in [-0.4, -0.2) is 48.1 Å². The molecule has 3 unspecified atom stereocenters. The molecular weight excluding hydrogens is 258 g/mol. The molecule has 1 aromatic carbocycles. The van der Waals surface area contributed by atoms with E-state index in [9.17, 15) is 0 Å². The van der Waals surface area contributed by atoms with E-state index in [-0.39, 0.29) is 6.04 Å². The minimum atomic E-state index is 0.166. The Balaban J connectivity index is 1.85. The molecule has 0 saturated carbocycles. The Kier molecular flexibility index (Phi) is 4.63. The van der Waals surface area contributed by atoms with Gasteiger partial charge in [0.15, 0.2) is 0 Å². The third-order valence-corrected chi connectivity index (χ3v) is 5.23. The van der Waals surface area contributed by atoms with Gasteiger partial charge in [-0.3, -0.25) is 9.80 Å². The molecule has 0 bridgehead atoms. The second-order valence-electron chi connectivity index (χ2n) is 6.84. The largest absolute Gasteiger partial charge is 0.326 e. The number of fused-ring (bicyclic) bond motifs is 1. The van der Waals surface area contributed by atoms with Crippen molar-refractivity contribution in [3.8, 4) is 0 Å². The maximum atomic E-state index is 6.40. The van der Waals surface area contributed by atoms with E-state index in [2.05, 4.69) is 47.9 Å². The molecule has 3 heteroatoms. The quantitative estimate of drug-likeness (QED) is 0.927. The van der Waals surface area contributed by atoms with Crippen molar-refractivity contribution in [3.63, 3.8) is 0 Å². The predicted molar refractivity (Wildman–Crippen MR) is 88.4 cm³/mol. The maximum absolute atomic E-state index is 6.40. The SMILES string of the molecule is Cc1ccccc1C(C(C)N)N1CCCN2CCCC2C1. The third-order valence-electron chi connectivity index (χ3n) is 5.23. The van der Waals surface area contributed by atoms with E-state index in [1.165, 1.54) is 56.6 Å². The highest BCUT2D eigenvalue weighted by molar-refractivity contribution is 5.30. The van der Waals surface area contributed by atoms with Crippen molar-refractivity contribution in [1.82, 2.24) is 9.80 Å². The van der Waals surface area contributed by atoms with Gasteiger partial charge < -0.3 is 5.73 Å². The summed E-state index contributed by atoms with van der Waals surface area (Å²) in [7, 11) is 0. The molecule has 21 heavy (non-hydrogen) atoms. The van der Waals surface area contributed by atoms with Crippen molar-refractivity contribution in [2.45, 2.75) is 51.2 Å². The Morgan fingerprint density at radius 3 is 2.67 bits per heavy atom. The molecule has 2 aliphatic heterocycles. The van der Waals surface area contributed by atoms with Crippen molar-refractivity contribution < 1.29 is 0 Å². The number of hydrogen-bond donors (Lipinski definition) is 1. The van der Waals surface area contributed by atoms with Gasteiger partial charge in [-0.2, -0.15) is 0 Å². The Bertz CT molecular complexity index is 471. The van der Waals surface area contributed by atoms with Gasteiger partial charge in [-0.1, -0.05) is 24.3 Å². The van der Waals surface area contributed by atoms with Gasteiger partial charge in [0.1, 0.15) is 0 Å². The lowest BCUT2D eigenvalue weighted by Crippen LogP contribution is -2.44. The topological polar surface area (TPSA) is 32.5 Å². The Hall–Kier alpha value is -0.900. The zero-order valence-corrected chi connectivity index (χ0v) is 13.5. The normalized spacial score (nSPS) is 27.1. The molecule has 2 saturated heterocycles. The van der Waals surface area contributed by atoms with Crippen molar-refractivity contribution in [2.24, 2.45) is 5.73 Å². The predicted octanol–water partition coefficient (Wildman–Crippen LogP) is 2.55. The van der Waals surface area contributed by atoms with Gasteiger partial charge in [-0.05, 0) is 57.3 Å². The van der Waals surface area contributed by atoms with Crippen LogP contribution < -0.4 is 5.73 Å². The number of aryl methyl sites for hydroxylation is 1. The van der Waals surface area contributed by atoms with Crippen LogP contribution in [-0.2, 0) is 0 Å². The van der Waals surface area contributed by atoms with Crippen LogP contribution in [0.4, 0.5) is 0 Å². The van der Waals surface area contributed by atoms with Crippen molar-refractivity contribution in [1.29, 1.82) is 0 Å². The van der Waals surface area contributed by atoms with Crippen LogP contribution >= 0.6 is 0 Å². The molecule has 3 atom stereocenters. The summed E-state index contributed by atoms with van der Waals surface area (Å²) < 4.78 is 0. The minimum absolute atomic E-state index is 0.166. The van der Waals surface area contributed by atoms with E-state index < -0.39 is 0 Å². The lowest BCUT2D eigenvalue weighted by molar-refractivity contribution is 0.157. The van der Waals surface area contributed by atoms with E-state index in [1.54, 1.807) is 0 Å². The fourth-order valence-electron chi connectivity index (χ4n) is 4.22. The van der Waals surface area contributed by atoms with Gasteiger partial charge >= 0.3 is 0 Å². The second kappa shape index (κ2) is 6.47. The average Bonchev–Trinajstić information content (AvgIpc) is 2.79. The van der Waals surface area contributed by atoms with Crippen molar-refractivity contribution in [3.05, 3.63) is 35.4 Å².